The number of aryl methyl sites for hydroxylation is 1. The summed E-state index contributed by atoms with van der Waals surface area (Å²) >= 11 is 1.44. The van der Waals surface area contributed by atoms with Gasteiger partial charge in [0.05, 0.1) is 17.2 Å². The number of nitrogens with one attached hydrogen (secondary N) is 1. The summed E-state index contributed by atoms with van der Waals surface area (Å²) in [5, 5.41) is 2.81. The van der Waals surface area contributed by atoms with Crippen LogP contribution in [0.3, 0.4) is 0 Å². The molecule has 0 radical (unpaired) electrons. The van der Waals surface area contributed by atoms with Crippen molar-refractivity contribution in [2.75, 3.05) is 0 Å². The zero-order valence-electron chi connectivity index (χ0n) is 18.4. The van der Waals surface area contributed by atoms with Crippen molar-refractivity contribution in [1.82, 2.24) is 9.55 Å². The van der Waals surface area contributed by atoms with E-state index >= 15 is 0 Å². The van der Waals surface area contributed by atoms with E-state index in [1.54, 1.807) is 0 Å². The topological polar surface area (TPSA) is 64.1 Å². The zero-order valence-corrected chi connectivity index (χ0v) is 19.2. The van der Waals surface area contributed by atoms with Gasteiger partial charge < -0.3 is 4.74 Å². The number of aromatic nitrogens is 2. The van der Waals surface area contributed by atoms with E-state index < -0.39 is 5.69 Å². The highest BCUT2D eigenvalue weighted by molar-refractivity contribution is 7.99. The molecular weight excluding hydrogens is 420 g/mol. The third-order valence-electron chi connectivity index (χ3n) is 5.29. The summed E-state index contributed by atoms with van der Waals surface area (Å²) in [5.41, 5.74) is 1.96. The molecule has 0 aliphatic carbocycles. The molecule has 0 amide bonds. The van der Waals surface area contributed by atoms with Crippen LogP contribution in [0.4, 0.5) is 0 Å². The van der Waals surface area contributed by atoms with E-state index in [9.17, 15) is 9.59 Å². The van der Waals surface area contributed by atoms with Crippen LogP contribution in [0.2, 0.25) is 0 Å². The van der Waals surface area contributed by atoms with Crippen molar-refractivity contribution >= 4 is 22.5 Å². The Kier molecular flexibility index (Phi) is 6.63. The number of hydrogen-bond acceptors (Lipinski definition) is 4. The van der Waals surface area contributed by atoms with Gasteiger partial charge in [-0.2, -0.15) is 0 Å². The summed E-state index contributed by atoms with van der Waals surface area (Å²) in [6, 6.07) is 22.2. The Morgan fingerprint density at radius 3 is 2.53 bits per heavy atom. The van der Waals surface area contributed by atoms with E-state index in [2.05, 4.69) is 29.2 Å². The van der Waals surface area contributed by atoms with Gasteiger partial charge in [-0.1, -0.05) is 91.8 Å². The van der Waals surface area contributed by atoms with Crippen LogP contribution in [0, 0.1) is 6.92 Å². The van der Waals surface area contributed by atoms with Gasteiger partial charge in [-0.15, -0.1) is 0 Å². The lowest BCUT2D eigenvalue weighted by atomic mass is 10.1. The summed E-state index contributed by atoms with van der Waals surface area (Å²) in [7, 11) is 0. The fourth-order valence-corrected chi connectivity index (χ4v) is 5.08. The minimum Gasteiger partial charge on any atom is -0.356 e. The number of nitrogens with zero attached hydrogens (tertiary/aromatic N) is 1. The largest absolute Gasteiger partial charge is 0.356 e. The predicted molar refractivity (Wildman–Crippen MR) is 129 cm³/mol. The minimum atomic E-state index is -0.466. The van der Waals surface area contributed by atoms with Crippen LogP contribution in [0.25, 0.3) is 10.8 Å². The van der Waals surface area contributed by atoms with Crippen LogP contribution in [0.1, 0.15) is 36.5 Å². The van der Waals surface area contributed by atoms with Gasteiger partial charge in [0.15, 0.2) is 0 Å². The van der Waals surface area contributed by atoms with Crippen molar-refractivity contribution in [2.45, 2.75) is 49.9 Å². The van der Waals surface area contributed by atoms with Crippen LogP contribution < -0.4 is 11.2 Å². The van der Waals surface area contributed by atoms with E-state index in [1.165, 1.54) is 16.3 Å². The third-order valence-corrected chi connectivity index (χ3v) is 6.50. The lowest BCUT2D eigenvalue weighted by Crippen LogP contribution is -2.35. The number of H-pyrrole nitrogens is 1. The van der Waals surface area contributed by atoms with Crippen molar-refractivity contribution in [3.05, 3.63) is 104 Å². The lowest BCUT2D eigenvalue weighted by molar-refractivity contribution is 0.0549. The third kappa shape index (κ3) is 4.71. The molecule has 0 fully saturated rings. The number of rotatable bonds is 7. The predicted octanol–water partition coefficient (Wildman–Crippen LogP) is 5.45. The fourth-order valence-electron chi connectivity index (χ4n) is 3.75. The highest BCUT2D eigenvalue weighted by Gasteiger charge is 2.20. The van der Waals surface area contributed by atoms with E-state index in [0.717, 1.165) is 26.8 Å². The van der Waals surface area contributed by atoms with Gasteiger partial charge >= 0.3 is 5.69 Å². The second kappa shape index (κ2) is 9.59. The van der Waals surface area contributed by atoms with E-state index in [4.69, 9.17) is 4.74 Å². The molecule has 0 bridgehead atoms. The molecule has 4 rings (SSSR count). The molecule has 32 heavy (non-hydrogen) atoms. The molecule has 0 aliphatic heterocycles. The molecule has 6 heteroatoms. The Bertz CT molecular complexity index is 1370. The molecule has 1 heterocycles. The minimum absolute atomic E-state index is 0.0520. The van der Waals surface area contributed by atoms with E-state index in [0.29, 0.717) is 17.2 Å². The quantitative estimate of drug-likeness (QED) is 0.384. The zero-order chi connectivity index (χ0) is 22.7. The molecule has 0 unspecified atom stereocenters. The molecular formula is C26H26N2O3S. The highest BCUT2D eigenvalue weighted by atomic mass is 32.2. The molecule has 0 saturated carbocycles. The molecule has 164 valence electrons. The summed E-state index contributed by atoms with van der Waals surface area (Å²) < 4.78 is 7.44. The van der Waals surface area contributed by atoms with Gasteiger partial charge in [0.25, 0.3) is 5.56 Å². The number of hydrogen-bond donors (Lipinski definition) is 1. The molecule has 3 aromatic carbocycles. The maximum atomic E-state index is 12.8. The molecule has 1 N–H and O–H groups in total. The van der Waals surface area contributed by atoms with Gasteiger partial charge in [0.1, 0.15) is 6.73 Å². The van der Waals surface area contributed by atoms with Crippen LogP contribution in [-0.4, -0.2) is 9.55 Å². The second-order valence-electron chi connectivity index (χ2n) is 8.11. The molecule has 4 aromatic rings. The summed E-state index contributed by atoms with van der Waals surface area (Å²) in [4.78, 5) is 29.0. The van der Waals surface area contributed by atoms with Gasteiger partial charge in [-0.05, 0) is 35.2 Å². The summed E-state index contributed by atoms with van der Waals surface area (Å²) in [6.45, 7) is 6.38. The molecule has 1 aromatic heterocycles. The average Bonchev–Trinajstić information content (AvgIpc) is 2.75. The monoisotopic (exact) mass is 446 g/mol. The SMILES string of the molecule is Cc1cccc(COCn2c(Sc3cccc4ccccc34)c(C(C)C)c(=O)[nH]c2=O)c1. The summed E-state index contributed by atoms with van der Waals surface area (Å²) in [6.07, 6.45) is 0. The Hall–Kier alpha value is -3.09. The van der Waals surface area contributed by atoms with E-state index in [-0.39, 0.29) is 18.2 Å². The molecule has 0 spiro atoms. The maximum absolute atomic E-state index is 12.8. The van der Waals surface area contributed by atoms with Crippen molar-refractivity contribution in [3.63, 3.8) is 0 Å². The second-order valence-corrected chi connectivity index (χ2v) is 9.14. The lowest BCUT2D eigenvalue weighted by Gasteiger charge is -2.18. The molecule has 0 atom stereocenters. The summed E-state index contributed by atoms with van der Waals surface area (Å²) in [5.74, 6) is -0.0557. The van der Waals surface area contributed by atoms with Crippen LogP contribution in [0.5, 0.6) is 0 Å². The number of fused-ring (bicyclic) bond motifs is 1. The number of aromatic amines is 1. The standard InChI is InChI=1S/C26H26N2O3S/c1-17(2)23-24(29)27-26(30)28(16-31-15-19-9-6-8-18(3)14-19)25(23)32-22-13-7-11-20-10-4-5-12-21(20)22/h4-14,17H,15-16H2,1-3H3,(H,27,29,30). The molecule has 5 nitrogen and oxygen atoms in total. The van der Waals surface area contributed by atoms with Gasteiger partial charge in [0.2, 0.25) is 0 Å². The van der Waals surface area contributed by atoms with Gasteiger partial charge in [-0.3, -0.25) is 14.3 Å². The first kappa shape index (κ1) is 22.1. The van der Waals surface area contributed by atoms with Crippen molar-refractivity contribution in [1.29, 1.82) is 0 Å². The first-order chi connectivity index (χ1) is 15.4. The first-order valence-corrected chi connectivity index (χ1v) is 11.4. The average molecular weight is 447 g/mol. The number of ether oxygens (including phenoxy) is 1. The normalized spacial score (nSPS) is 11.4. The molecule has 0 saturated heterocycles. The maximum Gasteiger partial charge on any atom is 0.331 e. The fraction of sp³-hybridized carbons (Fsp3) is 0.231. The Morgan fingerprint density at radius 1 is 1.00 bits per heavy atom. The number of benzene rings is 3. The van der Waals surface area contributed by atoms with Gasteiger partial charge in [-0.25, -0.2) is 4.79 Å². The molecule has 0 aliphatic rings. The Balaban J connectivity index is 1.73. The smallest absolute Gasteiger partial charge is 0.331 e. The van der Waals surface area contributed by atoms with Crippen LogP contribution in [-0.2, 0) is 18.1 Å². The van der Waals surface area contributed by atoms with Crippen molar-refractivity contribution in [2.24, 2.45) is 0 Å². The van der Waals surface area contributed by atoms with Crippen molar-refractivity contribution < 1.29 is 4.74 Å². The Morgan fingerprint density at radius 2 is 1.75 bits per heavy atom. The first-order valence-electron chi connectivity index (χ1n) is 10.6. The van der Waals surface area contributed by atoms with E-state index in [1.807, 2.05) is 63.2 Å². The Labute approximate surface area is 191 Å². The highest BCUT2D eigenvalue weighted by Crippen LogP contribution is 2.35. The van der Waals surface area contributed by atoms with Crippen LogP contribution >= 0.6 is 11.8 Å². The van der Waals surface area contributed by atoms with Crippen molar-refractivity contribution in [3.8, 4) is 0 Å². The van der Waals surface area contributed by atoms with Gasteiger partial charge in [0, 0.05) is 4.90 Å². The van der Waals surface area contributed by atoms with Crippen LogP contribution in [0.15, 0.2) is 86.2 Å².